The maximum atomic E-state index is 12.7. The van der Waals surface area contributed by atoms with E-state index >= 15 is 0 Å². The minimum absolute atomic E-state index is 0.120. The Labute approximate surface area is 136 Å². The van der Waals surface area contributed by atoms with Crippen molar-refractivity contribution in [1.29, 1.82) is 0 Å². The van der Waals surface area contributed by atoms with Crippen LogP contribution in [0.25, 0.3) is 0 Å². The fraction of sp³-hybridized carbons (Fsp3) is 0.529. The predicted octanol–water partition coefficient (Wildman–Crippen LogP) is 1.96. The maximum Gasteiger partial charge on any atom is 0.323 e. The van der Waals surface area contributed by atoms with E-state index in [9.17, 15) is 9.59 Å². The van der Waals surface area contributed by atoms with E-state index in [2.05, 4.69) is 0 Å². The Kier molecular flexibility index (Phi) is 5.47. The average molecular weight is 321 g/mol. The molecule has 6 heteroatoms. The summed E-state index contributed by atoms with van der Waals surface area (Å²) in [6.45, 7) is 3.78. The summed E-state index contributed by atoms with van der Waals surface area (Å²) in [5, 5.41) is 9.06. The highest BCUT2D eigenvalue weighted by molar-refractivity contribution is 5.84. The Morgan fingerprint density at radius 2 is 2.22 bits per heavy atom. The number of aliphatic carboxylic acids is 1. The van der Waals surface area contributed by atoms with E-state index < -0.39 is 5.97 Å². The van der Waals surface area contributed by atoms with Crippen molar-refractivity contribution in [1.82, 2.24) is 4.90 Å². The number of carboxylic acid groups (broad SMARTS) is 1. The van der Waals surface area contributed by atoms with E-state index in [1.54, 1.807) is 7.11 Å². The predicted molar refractivity (Wildman–Crippen MR) is 84.8 cm³/mol. The second-order valence-electron chi connectivity index (χ2n) is 5.80. The molecule has 2 unspecified atom stereocenters. The number of fused-ring (bicyclic) bond motifs is 1. The van der Waals surface area contributed by atoms with Gasteiger partial charge in [0, 0.05) is 6.04 Å². The summed E-state index contributed by atoms with van der Waals surface area (Å²) in [6, 6.07) is 5.39. The number of carboxylic acids is 1. The molecule has 23 heavy (non-hydrogen) atoms. The zero-order chi connectivity index (χ0) is 17.0. The molecule has 1 aromatic carbocycles. The Hall–Kier alpha value is -2.24. The van der Waals surface area contributed by atoms with Crippen molar-refractivity contribution in [2.24, 2.45) is 5.92 Å². The Morgan fingerprint density at radius 3 is 2.83 bits per heavy atom. The highest BCUT2D eigenvalue weighted by Gasteiger charge is 2.32. The normalized spacial score (nSPS) is 17.6. The second kappa shape index (κ2) is 7.35. The third kappa shape index (κ3) is 3.94. The molecular weight excluding hydrogens is 298 g/mol. The first-order chi connectivity index (χ1) is 11.0. The zero-order valence-electron chi connectivity index (χ0n) is 13.7. The third-order valence-electron chi connectivity index (χ3n) is 4.23. The van der Waals surface area contributed by atoms with Gasteiger partial charge in [0.2, 0.25) is 5.91 Å². The molecule has 0 bridgehead atoms. The molecule has 1 aromatic rings. The summed E-state index contributed by atoms with van der Waals surface area (Å²) < 4.78 is 10.9. The summed E-state index contributed by atoms with van der Waals surface area (Å²) >= 11 is 0. The van der Waals surface area contributed by atoms with Crippen LogP contribution >= 0.6 is 0 Å². The number of carbonyl (C=O) groups is 2. The lowest BCUT2D eigenvalue weighted by Crippen LogP contribution is -2.47. The molecule has 0 radical (unpaired) electrons. The smallest absolute Gasteiger partial charge is 0.323 e. The van der Waals surface area contributed by atoms with Crippen molar-refractivity contribution < 1.29 is 24.2 Å². The number of carbonyl (C=O) groups excluding carboxylic acids is 1. The van der Waals surface area contributed by atoms with Crippen molar-refractivity contribution in [3.05, 3.63) is 23.8 Å². The molecule has 0 spiro atoms. The van der Waals surface area contributed by atoms with Gasteiger partial charge in [0.25, 0.3) is 0 Å². The molecule has 1 aliphatic rings. The molecule has 0 fully saturated rings. The second-order valence-corrected chi connectivity index (χ2v) is 5.80. The molecule has 6 nitrogen and oxygen atoms in total. The van der Waals surface area contributed by atoms with Crippen molar-refractivity contribution in [3.63, 3.8) is 0 Å². The molecular formula is C17H23NO5. The van der Waals surface area contributed by atoms with Crippen molar-refractivity contribution in [3.8, 4) is 11.5 Å². The van der Waals surface area contributed by atoms with Crippen LogP contribution in [0.15, 0.2) is 18.2 Å². The van der Waals surface area contributed by atoms with E-state index in [1.807, 2.05) is 32.0 Å². The van der Waals surface area contributed by atoms with Gasteiger partial charge in [0.1, 0.15) is 24.7 Å². The van der Waals surface area contributed by atoms with E-state index in [0.29, 0.717) is 18.6 Å². The molecule has 126 valence electrons. The number of methoxy groups -OCH3 is 1. The Morgan fingerprint density at radius 1 is 1.48 bits per heavy atom. The van der Waals surface area contributed by atoms with Crippen LogP contribution in [0.3, 0.4) is 0 Å². The lowest BCUT2D eigenvalue weighted by molar-refractivity contribution is -0.148. The minimum atomic E-state index is -1.00. The highest BCUT2D eigenvalue weighted by atomic mass is 16.5. The number of benzene rings is 1. The lowest BCUT2D eigenvalue weighted by Gasteiger charge is -2.33. The van der Waals surface area contributed by atoms with Gasteiger partial charge in [-0.15, -0.1) is 0 Å². The number of rotatable bonds is 6. The molecule has 0 saturated heterocycles. The fourth-order valence-corrected chi connectivity index (χ4v) is 2.71. The molecule has 2 rings (SSSR count). The fourth-order valence-electron chi connectivity index (χ4n) is 2.71. The first-order valence-corrected chi connectivity index (χ1v) is 7.78. The molecule has 0 aliphatic carbocycles. The summed E-state index contributed by atoms with van der Waals surface area (Å²) in [4.78, 5) is 25.2. The van der Waals surface area contributed by atoms with Crippen LogP contribution in [-0.2, 0) is 16.0 Å². The Bertz CT molecular complexity index is 586. The molecule has 2 atom stereocenters. The van der Waals surface area contributed by atoms with Crippen LogP contribution in [0.5, 0.6) is 11.5 Å². The van der Waals surface area contributed by atoms with Crippen molar-refractivity contribution >= 4 is 11.9 Å². The van der Waals surface area contributed by atoms with Gasteiger partial charge in [-0.25, -0.2) is 0 Å². The van der Waals surface area contributed by atoms with Crippen LogP contribution in [0, 0.1) is 5.92 Å². The zero-order valence-corrected chi connectivity index (χ0v) is 13.7. The van der Waals surface area contributed by atoms with Crippen LogP contribution in [0.1, 0.15) is 25.8 Å². The van der Waals surface area contributed by atoms with Gasteiger partial charge in [-0.2, -0.15) is 0 Å². The Balaban J connectivity index is 2.17. The molecule has 0 saturated carbocycles. The van der Waals surface area contributed by atoms with Crippen LogP contribution in [0.4, 0.5) is 0 Å². The van der Waals surface area contributed by atoms with Gasteiger partial charge in [-0.05, 0) is 43.5 Å². The van der Waals surface area contributed by atoms with Crippen molar-refractivity contribution in [2.45, 2.75) is 32.7 Å². The summed E-state index contributed by atoms with van der Waals surface area (Å²) in [6.07, 6.45) is 1.23. The highest BCUT2D eigenvalue weighted by Crippen LogP contribution is 2.31. The van der Waals surface area contributed by atoms with E-state index in [1.165, 1.54) is 4.90 Å². The number of nitrogens with zero attached hydrogens (tertiary/aromatic N) is 1. The topological polar surface area (TPSA) is 76.1 Å². The van der Waals surface area contributed by atoms with Crippen LogP contribution in [-0.4, -0.2) is 48.2 Å². The number of hydrogen-bond acceptors (Lipinski definition) is 4. The summed E-state index contributed by atoms with van der Waals surface area (Å²) in [5.74, 6) is -0.0800. The molecule has 1 aliphatic heterocycles. The van der Waals surface area contributed by atoms with Gasteiger partial charge in [-0.3, -0.25) is 9.59 Å². The summed E-state index contributed by atoms with van der Waals surface area (Å²) in [7, 11) is 1.59. The van der Waals surface area contributed by atoms with Gasteiger partial charge in [0.15, 0.2) is 0 Å². The molecule has 1 amide bonds. The van der Waals surface area contributed by atoms with Crippen molar-refractivity contribution in [2.75, 3.05) is 20.3 Å². The quantitative estimate of drug-likeness (QED) is 0.867. The monoisotopic (exact) mass is 321 g/mol. The van der Waals surface area contributed by atoms with E-state index in [0.717, 1.165) is 11.3 Å². The number of hydrogen-bond donors (Lipinski definition) is 1. The largest absolute Gasteiger partial charge is 0.497 e. The standard InChI is InChI=1S/C17H23NO5/c1-4-11(2)18(9-16(19)20)17(21)13-7-12-8-14(22-3)5-6-15(12)23-10-13/h5-6,8,11,13H,4,7,9-10H2,1-3H3,(H,19,20). The maximum absolute atomic E-state index is 12.7. The first kappa shape index (κ1) is 17.1. The van der Waals surface area contributed by atoms with Crippen LogP contribution < -0.4 is 9.47 Å². The third-order valence-corrected chi connectivity index (χ3v) is 4.23. The molecule has 0 aromatic heterocycles. The van der Waals surface area contributed by atoms with E-state index in [-0.39, 0.29) is 31.0 Å². The number of amides is 1. The first-order valence-electron chi connectivity index (χ1n) is 7.78. The van der Waals surface area contributed by atoms with Gasteiger partial charge < -0.3 is 19.5 Å². The lowest BCUT2D eigenvalue weighted by atomic mass is 9.94. The minimum Gasteiger partial charge on any atom is -0.497 e. The van der Waals surface area contributed by atoms with Crippen LogP contribution in [0.2, 0.25) is 0 Å². The molecule has 1 heterocycles. The van der Waals surface area contributed by atoms with Gasteiger partial charge in [-0.1, -0.05) is 6.92 Å². The molecule has 1 N–H and O–H groups in total. The average Bonchev–Trinajstić information content (AvgIpc) is 2.57. The SMILES string of the molecule is CCC(C)N(CC(=O)O)C(=O)C1COc2ccc(OC)cc2C1. The van der Waals surface area contributed by atoms with Gasteiger partial charge in [0.05, 0.1) is 13.0 Å². The van der Waals surface area contributed by atoms with E-state index in [4.69, 9.17) is 14.6 Å². The summed E-state index contributed by atoms with van der Waals surface area (Å²) in [5.41, 5.74) is 0.911. The number of ether oxygens (including phenoxy) is 2. The van der Waals surface area contributed by atoms with Gasteiger partial charge >= 0.3 is 5.97 Å².